The lowest BCUT2D eigenvalue weighted by atomic mass is 10.2. The number of nitrogens with zero attached hydrogens (tertiary/aromatic N) is 2. The maximum absolute atomic E-state index is 12.0. The molecule has 1 aromatic carbocycles. The summed E-state index contributed by atoms with van der Waals surface area (Å²) in [5.41, 5.74) is 7.60. The Balaban J connectivity index is 2.06. The maximum atomic E-state index is 12.0. The summed E-state index contributed by atoms with van der Waals surface area (Å²) in [6.45, 7) is 0.390. The lowest BCUT2D eigenvalue weighted by Gasteiger charge is -2.07. The summed E-state index contributed by atoms with van der Waals surface area (Å²) < 4.78 is 2.31. The molecule has 5 nitrogen and oxygen atoms in total. The van der Waals surface area contributed by atoms with Crippen LogP contribution in [0.5, 0.6) is 0 Å². The molecule has 94 valence electrons. The molecule has 0 aliphatic rings. The Morgan fingerprint density at radius 3 is 2.94 bits per heavy atom. The number of benzene rings is 1. The number of aromatic nitrogens is 2. The quantitative estimate of drug-likeness (QED) is 0.848. The molecular weight excluding hydrogens is 296 g/mol. The number of carbonyl (C=O) groups is 1. The van der Waals surface area contributed by atoms with E-state index in [0.29, 0.717) is 22.3 Å². The molecule has 0 radical (unpaired) electrons. The van der Waals surface area contributed by atoms with Crippen LogP contribution in [0.4, 0.5) is 5.69 Å². The largest absolute Gasteiger partial charge is 0.398 e. The lowest BCUT2D eigenvalue weighted by Crippen LogP contribution is -2.23. The average Bonchev–Trinajstić information content (AvgIpc) is 2.76. The van der Waals surface area contributed by atoms with E-state index in [-0.39, 0.29) is 5.91 Å². The van der Waals surface area contributed by atoms with Crippen LogP contribution in [0, 0.1) is 0 Å². The van der Waals surface area contributed by atoms with Crippen LogP contribution < -0.4 is 11.1 Å². The van der Waals surface area contributed by atoms with Gasteiger partial charge in [0.25, 0.3) is 5.91 Å². The third-order valence-electron chi connectivity index (χ3n) is 2.47. The van der Waals surface area contributed by atoms with E-state index in [1.165, 1.54) is 0 Å². The Morgan fingerprint density at radius 2 is 2.28 bits per heavy atom. The topological polar surface area (TPSA) is 72.9 Å². The molecular formula is C12H13BrN4O. The number of amides is 1. The van der Waals surface area contributed by atoms with Crippen LogP contribution in [-0.2, 0) is 13.6 Å². The summed E-state index contributed by atoms with van der Waals surface area (Å²) in [5, 5.41) is 6.98. The molecule has 2 rings (SSSR count). The fraction of sp³-hybridized carbons (Fsp3) is 0.167. The zero-order chi connectivity index (χ0) is 13.1. The number of carbonyl (C=O) groups excluding carboxylic acids is 1. The van der Waals surface area contributed by atoms with Crippen LogP contribution >= 0.6 is 15.9 Å². The normalized spacial score (nSPS) is 10.3. The van der Waals surface area contributed by atoms with Crippen molar-refractivity contribution >= 4 is 27.5 Å². The van der Waals surface area contributed by atoms with Crippen molar-refractivity contribution in [2.24, 2.45) is 7.05 Å². The number of halogens is 1. The molecule has 18 heavy (non-hydrogen) atoms. The molecule has 0 atom stereocenters. The highest BCUT2D eigenvalue weighted by Crippen LogP contribution is 2.23. The smallest absolute Gasteiger partial charge is 0.252 e. The molecule has 6 heteroatoms. The summed E-state index contributed by atoms with van der Waals surface area (Å²) >= 11 is 3.31. The Bertz CT molecular complexity index is 579. The molecule has 0 unspecified atom stereocenters. The molecule has 0 aliphatic carbocycles. The molecule has 2 aromatic rings. The zero-order valence-electron chi connectivity index (χ0n) is 9.85. The number of aryl methyl sites for hydroxylation is 1. The van der Waals surface area contributed by atoms with Crippen molar-refractivity contribution in [2.45, 2.75) is 6.54 Å². The minimum Gasteiger partial charge on any atom is -0.398 e. The van der Waals surface area contributed by atoms with Gasteiger partial charge in [-0.2, -0.15) is 5.10 Å². The first-order valence-electron chi connectivity index (χ1n) is 5.38. The van der Waals surface area contributed by atoms with Crippen molar-refractivity contribution in [3.05, 3.63) is 46.2 Å². The number of nitrogen functional groups attached to an aromatic ring is 1. The molecule has 0 saturated carbocycles. The van der Waals surface area contributed by atoms with E-state index in [0.717, 1.165) is 5.69 Å². The monoisotopic (exact) mass is 308 g/mol. The second kappa shape index (κ2) is 5.22. The van der Waals surface area contributed by atoms with Crippen LogP contribution in [0.3, 0.4) is 0 Å². The van der Waals surface area contributed by atoms with E-state index in [1.807, 2.05) is 19.3 Å². The number of nitrogens with one attached hydrogen (secondary N) is 1. The van der Waals surface area contributed by atoms with Crippen LogP contribution in [0.2, 0.25) is 0 Å². The standard InChI is InChI=1S/C12H13BrN4O/c1-17-6-5-8(16-17)7-15-12(18)9-3-2-4-10(14)11(9)13/h2-6H,7,14H2,1H3,(H,15,18). The number of hydrogen-bond acceptors (Lipinski definition) is 3. The highest BCUT2D eigenvalue weighted by Gasteiger charge is 2.11. The lowest BCUT2D eigenvalue weighted by molar-refractivity contribution is 0.0949. The minimum atomic E-state index is -0.181. The van der Waals surface area contributed by atoms with Gasteiger partial charge in [0, 0.05) is 18.9 Å². The van der Waals surface area contributed by atoms with Crippen molar-refractivity contribution in [3.8, 4) is 0 Å². The van der Waals surface area contributed by atoms with E-state index in [4.69, 9.17) is 5.73 Å². The summed E-state index contributed by atoms with van der Waals surface area (Å²) in [4.78, 5) is 12.0. The van der Waals surface area contributed by atoms with Gasteiger partial charge in [0.1, 0.15) is 0 Å². The highest BCUT2D eigenvalue weighted by molar-refractivity contribution is 9.10. The predicted octanol–water partition coefficient (Wildman–Crippen LogP) is 1.69. The molecule has 1 aromatic heterocycles. The molecule has 1 heterocycles. The van der Waals surface area contributed by atoms with Crippen molar-refractivity contribution in [3.63, 3.8) is 0 Å². The second-order valence-electron chi connectivity index (χ2n) is 3.87. The summed E-state index contributed by atoms with van der Waals surface area (Å²) in [5.74, 6) is -0.181. The van der Waals surface area contributed by atoms with Crippen LogP contribution in [0.15, 0.2) is 34.9 Å². The van der Waals surface area contributed by atoms with Gasteiger partial charge in [-0.05, 0) is 34.1 Å². The van der Waals surface area contributed by atoms with Gasteiger partial charge < -0.3 is 11.1 Å². The van der Waals surface area contributed by atoms with Crippen molar-refractivity contribution in [1.29, 1.82) is 0 Å². The van der Waals surface area contributed by atoms with Gasteiger partial charge in [-0.1, -0.05) is 6.07 Å². The van der Waals surface area contributed by atoms with Crippen molar-refractivity contribution in [1.82, 2.24) is 15.1 Å². The number of rotatable bonds is 3. The van der Waals surface area contributed by atoms with Crippen molar-refractivity contribution < 1.29 is 4.79 Å². The number of nitrogens with two attached hydrogens (primary N) is 1. The van der Waals surface area contributed by atoms with E-state index in [9.17, 15) is 4.79 Å². The van der Waals surface area contributed by atoms with E-state index in [2.05, 4.69) is 26.3 Å². The van der Waals surface area contributed by atoms with E-state index >= 15 is 0 Å². The first-order valence-corrected chi connectivity index (χ1v) is 6.18. The van der Waals surface area contributed by atoms with Gasteiger partial charge in [-0.25, -0.2) is 0 Å². The molecule has 0 spiro atoms. The SMILES string of the molecule is Cn1ccc(CNC(=O)c2cccc(N)c2Br)n1. The maximum Gasteiger partial charge on any atom is 0.252 e. The highest BCUT2D eigenvalue weighted by atomic mass is 79.9. The van der Waals surface area contributed by atoms with E-state index < -0.39 is 0 Å². The summed E-state index contributed by atoms with van der Waals surface area (Å²) in [7, 11) is 1.83. The Kier molecular flexibility index (Phi) is 3.66. The molecule has 0 saturated heterocycles. The van der Waals surface area contributed by atoms with Crippen LogP contribution in [0.1, 0.15) is 16.1 Å². The molecule has 3 N–H and O–H groups in total. The van der Waals surface area contributed by atoms with Crippen molar-refractivity contribution in [2.75, 3.05) is 5.73 Å². The van der Waals surface area contributed by atoms with Gasteiger partial charge in [0.15, 0.2) is 0 Å². The van der Waals surface area contributed by atoms with Gasteiger partial charge in [-0.3, -0.25) is 9.48 Å². The molecule has 0 bridgehead atoms. The first-order chi connectivity index (χ1) is 8.58. The molecule has 0 fully saturated rings. The predicted molar refractivity (Wildman–Crippen MR) is 72.9 cm³/mol. The van der Waals surface area contributed by atoms with Crippen LogP contribution in [0.25, 0.3) is 0 Å². The summed E-state index contributed by atoms with van der Waals surface area (Å²) in [6, 6.07) is 7.05. The van der Waals surface area contributed by atoms with E-state index in [1.54, 1.807) is 22.9 Å². The summed E-state index contributed by atoms with van der Waals surface area (Å²) in [6.07, 6.45) is 1.83. The third-order valence-corrected chi connectivity index (χ3v) is 3.36. The second-order valence-corrected chi connectivity index (χ2v) is 4.67. The fourth-order valence-corrected chi connectivity index (χ4v) is 1.99. The first kappa shape index (κ1) is 12.6. The molecule has 1 amide bonds. The van der Waals surface area contributed by atoms with Gasteiger partial charge >= 0.3 is 0 Å². The van der Waals surface area contributed by atoms with Crippen LogP contribution in [-0.4, -0.2) is 15.7 Å². The van der Waals surface area contributed by atoms with Gasteiger partial charge in [-0.15, -0.1) is 0 Å². The Hall–Kier alpha value is -1.82. The van der Waals surface area contributed by atoms with Gasteiger partial charge in [0.05, 0.1) is 22.3 Å². The number of hydrogen-bond donors (Lipinski definition) is 2. The fourth-order valence-electron chi connectivity index (χ4n) is 1.55. The third kappa shape index (κ3) is 2.70. The Labute approximate surface area is 113 Å². The molecule has 0 aliphatic heterocycles. The Morgan fingerprint density at radius 1 is 1.50 bits per heavy atom. The van der Waals surface area contributed by atoms with Gasteiger partial charge in [0.2, 0.25) is 0 Å². The minimum absolute atomic E-state index is 0.181. The number of anilines is 1. The zero-order valence-corrected chi connectivity index (χ0v) is 11.4. The average molecular weight is 309 g/mol.